The van der Waals surface area contributed by atoms with Crippen molar-refractivity contribution >= 4 is 34.2 Å². The Balaban J connectivity index is 3.40. The molecule has 0 fully saturated rings. The normalized spacial score (nSPS) is 9.27. The summed E-state index contributed by atoms with van der Waals surface area (Å²) in [6.45, 7) is 1.86. The molecule has 1 rings (SSSR count). The molecule has 0 aliphatic heterocycles. The Morgan fingerprint density at radius 3 is 2.91 bits per heavy atom. The highest BCUT2D eigenvalue weighted by molar-refractivity contribution is 14.1. The maximum absolute atomic E-state index is 8.56. The summed E-state index contributed by atoms with van der Waals surface area (Å²) in [5.41, 5.74) is 1.29. The third kappa shape index (κ3) is 1.63. The van der Waals surface area contributed by atoms with Gasteiger partial charge in [0.2, 0.25) is 0 Å². The molecule has 0 amide bonds. The Labute approximate surface area is 83.3 Å². The largest absolute Gasteiger partial charge is 0.259 e. The van der Waals surface area contributed by atoms with Gasteiger partial charge in [0.1, 0.15) is 6.07 Å². The molecule has 56 valence electrons. The average molecular weight is 278 g/mol. The van der Waals surface area contributed by atoms with E-state index in [0.717, 1.165) is 9.26 Å². The lowest BCUT2D eigenvalue weighted by Gasteiger charge is -1.99. The Bertz CT molecular complexity index is 330. The van der Waals surface area contributed by atoms with Crippen molar-refractivity contribution in [1.82, 2.24) is 4.98 Å². The van der Waals surface area contributed by atoms with Crippen LogP contribution in [0.4, 0.5) is 0 Å². The summed E-state index contributed by atoms with van der Waals surface area (Å²) >= 11 is 7.90. The van der Waals surface area contributed by atoms with E-state index in [0.29, 0.717) is 10.6 Å². The van der Waals surface area contributed by atoms with Gasteiger partial charge in [0.25, 0.3) is 0 Å². The van der Waals surface area contributed by atoms with E-state index >= 15 is 0 Å². The predicted molar refractivity (Wildman–Crippen MR) is 51.4 cm³/mol. The number of hydrogen-bond donors (Lipinski definition) is 0. The highest BCUT2D eigenvalue weighted by atomic mass is 127. The molecule has 0 saturated carbocycles. The van der Waals surface area contributed by atoms with Gasteiger partial charge in [-0.3, -0.25) is 4.98 Å². The van der Waals surface area contributed by atoms with E-state index in [1.165, 1.54) is 6.20 Å². The molecule has 1 aromatic heterocycles. The van der Waals surface area contributed by atoms with Crippen LogP contribution in [0.2, 0.25) is 5.02 Å². The zero-order chi connectivity index (χ0) is 8.43. The summed E-state index contributed by atoms with van der Waals surface area (Å²) in [6.07, 6.45) is 1.49. The molecule has 0 bridgehead atoms. The zero-order valence-corrected chi connectivity index (χ0v) is 8.64. The van der Waals surface area contributed by atoms with E-state index in [1.54, 1.807) is 0 Å². The first-order chi connectivity index (χ1) is 5.16. The van der Waals surface area contributed by atoms with Gasteiger partial charge in [-0.25, -0.2) is 0 Å². The van der Waals surface area contributed by atoms with E-state index < -0.39 is 0 Å². The van der Waals surface area contributed by atoms with Crippen LogP contribution in [0.3, 0.4) is 0 Å². The van der Waals surface area contributed by atoms with Crippen LogP contribution in [0.25, 0.3) is 0 Å². The summed E-state index contributed by atoms with van der Waals surface area (Å²) in [6, 6.07) is 1.96. The number of pyridine rings is 1. The van der Waals surface area contributed by atoms with Crippen LogP contribution in [0.15, 0.2) is 6.20 Å². The number of halogens is 2. The SMILES string of the molecule is Cc1ncc(C#N)c(Cl)c1I. The molecule has 0 unspecified atom stereocenters. The lowest BCUT2D eigenvalue weighted by Crippen LogP contribution is -1.90. The first-order valence-electron chi connectivity index (χ1n) is 2.87. The van der Waals surface area contributed by atoms with Gasteiger partial charge in [-0.15, -0.1) is 0 Å². The maximum atomic E-state index is 8.56. The van der Waals surface area contributed by atoms with E-state index in [-0.39, 0.29) is 0 Å². The highest BCUT2D eigenvalue weighted by Gasteiger charge is 2.06. The van der Waals surface area contributed by atoms with E-state index in [2.05, 4.69) is 27.6 Å². The van der Waals surface area contributed by atoms with E-state index in [4.69, 9.17) is 16.9 Å². The van der Waals surface area contributed by atoms with E-state index in [9.17, 15) is 0 Å². The van der Waals surface area contributed by atoms with Crippen molar-refractivity contribution in [2.24, 2.45) is 0 Å². The summed E-state index contributed by atoms with van der Waals surface area (Å²) in [4.78, 5) is 4.00. The van der Waals surface area contributed by atoms with Gasteiger partial charge in [0.15, 0.2) is 0 Å². The van der Waals surface area contributed by atoms with Crippen molar-refractivity contribution in [3.8, 4) is 6.07 Å². The summed E-state index contributed by atoms with van der Waals surface area (Å²) in [5, 5.41) is 9.06. The minimum absolute atomic E-state index is 0.432. The molecule has 0 saturated heterocycles. The molecule has 0 aliphatic carbocycles. The van der Waals surface area contributed by atoms with Crippen LogP contribution in [-0.4, -0.2) is 4.98 Å². The Morgan fingerprint density at radius 1 is 1.73 bits per heavy atom. The minimum Gasteiger partial charge on any atom is -0.259 e. The molecule has 1 aromatic rings. The van der Waals surface area contributed by atoms with Gasteiger partial charge < -0.3 is 0 Å². The third-order valence-corrected chi connectivity index (χ3v) is 3.29. The fraction of sp³-hybridized carbons (Fsp3) is 0.143. The van der Waals surface area contributed by atoms with Crippen LogP contribution in [0.1, 0.15) is 11.3 Å². The second-order valence-corrected chi connectivity index (χ2v) is 3.45. The van der Waals surface area contributed by atoms with Crippen molar-refractivity contribution in [2.75, 3.05) is 0 Å². The second-order valence-electron chi connectivity index (χ2n) is 2.00. The van der Waals surface area contributed by atoms with Crippen LogP contribution in [0.5, 0.6) is 0 Å². The second kappa shape index (κ2) is 3.37. The van der Waals surface area contributed by atoms with Gasteiger partial charge in [-0.2, -0.15) is 5.26 Å². The number of nitriles is 1. The molecule has 0 N–H and O–H groups in total. The highest BCUT2D eigenvalue weighted by Crippen LogP contribution is 2.23. The molecule has 0 spiro atoms. The van der Waals surface area contributed by atoms with Crippen LogP contribution in [0, 0.1) is 21.8 Å². The first kappa shape index (κ1) is 8.75. The fourth-order valence-electron chi connectivity index (χ4n) is 0.630. The number of nitrogens with zero attached hydrogens (tertiary/aromatic N) is 2. The Morgan fingerprint density at radius 2 is 2.36 bits per heavy atom. The molecule has 0 radical (unpaired) electrons. The van der Waals surface area contributed by atoms with Crippen LogP contribution < -0.4 is 0 Å². The van der Waals surface area contributed by atoms with Gasteiger partial charge in [0.05, 0.1) is 19.9 Å². The van der Waals surface area contributed by atoms with Crippen LogP contribution >= 0.6 is 34.2 Å². The minimum atomic E-state index is 0.432. The summed E-state index contributed by atoms with van der Waals surface area (Å²) in [5.74, 6) is 0. The maximum Gasteiger partial charge on any atom is 0.102 e. The third-order valence-electron chi connectivity index (χ3n) is 1.25. The molecule has 0 atom stereocenters. The lowest BCUT2D eigenvalue weighted by molar-refractivity contribution is 1.17. The molecular formula is C7H4ClIN2. The van der Waals surface area contributed by atoms with Crippen molar-refractivity contribution in [3.63, 3.8) is 0 Å². The Kier molecular flexibility index (Phi) is 2.68. The standard InChI is InChI=1S/C7H4ClIN2/c1-4-7(9)6(8)5(2-10)3-11-4/h3H,1H3. The van der Waals surface area contributed by atoms with Crippen molar-refractivity contribution in [3.05, 3.63) is 26.0 Å². The number of hydrogen-bond acceptors (Lipinski definition) is 2. The summed E-state index contributed by atoms with van der Waals surface area (Å²) in [7, 11) is 0. The van der Waals surface area contributed by atoms with Crippen molar-refractivity contribution in [2.45, 2.75) is 6.92 Å². The zero-order valence-electron chi connectivity index (χ0n) is 5.73. The first-order valence-corrected chi connectivity index (χ1v) is 4.33. The lowest BCUT2D eigenvalue weighted by atomic mass is 10.3. The van der Waals surface area contributed by atoms with Gasteiger partial charge >= 0.3 is 0 Å². The predicted octanol–water partition coefficient (Wildman–Crippen LogP) is 2.52. The van der Waals surface area contributed by atoms with Gasteiger partial charge in [0, 0.05) is 6.20 Å². The average Bonchev–Trinajstić information content (AvgIpc) is 2.01. The smallest absolute Gasteiger partial charge is 0.102 e. The monoisotopic (exact) mass is 278 g/mol. The summed E-state index contributed by atoms with van der Waals surface area (Å²) < 4.78 is 0.850. The fourth-order valence-corrected chi connectivity index (χ4v) is 1.29. The number of rotatable bonds is 0. The van der Waals surface area contributed by atoms with Gasteiger partial charge in [-0.1, -0.05) is 11.6 Å². The molecule has 0 aliphatic rings. The molecule has 1 heterocycles. The Hall–Kier alpha value is -0.340. The van der Waals surface area contributed by atoms with Crippen molar-refractivity contribution < 1.29 is 0 Å². The molecule has 11 heavy (non-hydrogen) atoms. The van der Waals surface area contributed by atoms with Crippen molar-refractivity contribution in [1.29, 1.82) is 5.26 Å². The number of aromatic nitrogens is 1. The quantitative estimate of drug-likeness (QED) is 0.684. The van der Waals surface area contributed by atoms with E-state index in [1.807, 2.05) is 13.0 Å². The topological polar surface area (TPSA) is 36.7 Å². The molecular weight excluding hydrogens is 274 g/mol. The molecule has 0 aromatic carbocycles. The van der Waals surface area contributed by atoms with Gasteiger partial charge in [-0.05, 0) is 29.5 Å². The molecule has 2 nitrogen and oxygen atoms in total. The number of aryl methyl sites for hydroxylation is 1. The van der Waals surface area contributed by atoms with Crippen LogP contribution in [-0.2, 0) is 0 Å². The molecule has 4 heteroatoms.